The standard InChI is InChI=1S/C10H23NSi/c1-9(2)11(12-3)10-7-5-4-6-8-10/h9-10H,4-8,12H2,1-3H3. The molecule has 0 saturated heterocycles. The van der Waals surface area contributed by atoms with E-state index in [4.69, 9.17) is 0 Å². The van der Waals surface area contributed by atoms with Crippen LogP contribution in [0.3, 0.4) is 0 Å². The van der Waals surface area contributed by atoms with Gasteiger partial charge in [0.15, 0.2) is 0 Å². The summed E-state index contributed by atoms with van der Waals surface area (Å²) in [5, 5.41) is 0. The third-order valence-corrected chi connectivity index (χ3v) is 5.05. The Balaban J connectivity index is 2.40. The minimum atomic E-state index is 0.0690. The largest absolute Gasteiger partial charge is 0.325 e. The van der Waals surface area contributed by atoms with Gasteiger partial charge in [-0.1, -0.05) is 39.7 Å². The van der Waals surface area contributed by atoms with Crippen molar-refractivity contribution in [3.05, 3.63) is 0 Å². The van der Waals surface area contributed by atoms with Crippen LogP contribution in [0.25, 0.3) is 0 Å². The topological polar surface area (TPSA) is 3.24 Å². The molecule has 0 N–H and O–H groups in total. The fraction of sp³-hybridized carbons (Fsp3) is 1.00. The third kappa shape index (κ3) is 2.59. The summed E-state index contributed by atoms with van der Waals surface area (Å²) in [6.07, 6.45) is 7.37. The van der Waals surface area contributed by atoms with Crippen LogP contribution < -0.4 is 0 Å². The number of hydrogen-bond donors (Lipinski definition) is 0. The maximum Gasteiger partial charge on any atom is 0.0926 e. The quantitative estimate of drug-likeness (QED) is 0.609. The average Bonchev–Trinajstić information content (AvgIpc) is 2.07. The van der Waals surface area contributed by atoms with E-state index in [1.807, 2.05) is 0 Å². The van der Waals surface area contributed by atoms with Crippen molar-refractivity contribution >= 4 is 9.68 Å². The summed E-state index contributed by atoms with van der Waals surface area (Å²) in [4.78, 5) is 0. The second kappa shape index (κ2) is 5.03. The van der Waals surface area contributed by atoms with Crippen LogP contribution in [0.15, 0.2) is 0 Å². The molecule has 1 rings (SSSR count). The van der Waals surface area contributed by atoms with E-state index in [1.165, 1.54) is 32.1 Å². The molecule has 12 heavy (non-hydrogen) atoms. The molecule has 0 spiro atoms. The monoisotopic (exact) mass is 185 g/mol. The molecule has 0 aromatic heterocycles. The van der Waals surface area contributed by atoms with E-state index in [0.717, 1.165) is 12.1 Å². The smallest absolute Gasteiger partial charge is 0.0926 e. The van der Waals surface area contributed by atoms with Gasteiger partial charge in [-0.05, 0) is 18.9 Å². The molecule has 72 valence electrons. The van der Waals surface area contributed by atoms with Gasteiger partial charge in [0.05, 0.1) is 9.68 Å². The number of rotatable bonds is 3. The summed E-state index contributed by atoms with van der Waals surface area (Å²) in [6, 6.07) is 1.75. The Morgan fingerprint density at radius 2 is 1.75 bits per heavy atom. The van der Waals surface area contributed by atoms with Gasteiger partial charge in [-0.15, -0.1) is 0 Å². The lowest BCUT2D eigenvalue weighted by Gasteiger charge is -2.36. The highest BCUT2D eigenvalue weighted by atomic mass is 28.2. The van der Waals surface area contributed by atoms with Gasteiger partial charge in [0.25, 0.3) is 0 Å². The van der Waals surface area contributed by atoms with E-state index < -0.39 is 0 Å². The molecule has 0 amide bonds. The van der Waals surface area contributed by atoms with Crippen LogP contribution in [0.5, 0.6) is 0 Å². The Morgan fingerprint density at radius 1 is 1.17 bits per heavy atom. The Kier molecular flexibility index (Phi) is 4.30. The summed E-state index contributed by atoms with van der Waals surface area (Å²) in [7, 11) is 0.0690. The summed E-state index contributed by atoms with van der Waals surface area (Å²) in [6.45, 7) is 7.13. The molecule has 0 heterocycles. The van der Waals surface area contributed by atoms with Crippen LogP contribution in [0.4, 0.5) is 0 Å². The van der Waals surface area contributed by atoms with Crippen molar-refractivity contribution in [2.45, 2.75) is 64.6 Å². The highest BCUT2D eigenvalue weighted by molar-refractivity contribution is 6.30. The Morgan fingerprint density at radius 3 is 2.17 bits per heavy atom. The summed E-state index contributed by atoms with van der Waals surface area (Å²) in [5.41, 5.74) is 0. The second-order valence-electron chi connectivity index (χ2n) is 4.22. The third-order valence-electron chi connectivity index (χ3n) is 3.07. The lowest BCUT2D eigenvalue weighted by atomic mass is 9.95. The number of hydrogen-bond acceptors (Lipinski definition) is 1. The van der Waals surface area contributed by atoms with E-state index in [0.29, 0.717) is 0 Å². The van der Waals surface area contributed by atoms with Crippen LogP contribution in [-0.2, 0) is 0 Å². The van der Waals surface area contributed by atoms with Crippen LogP contribution in [0, 0.1) is 0 Å². The van der Waals surface area contributed by atoms with Crippen molar-refractivity contribution < 1.29 is 0 Å². The molecular weight excluding hydrogens is 162 g/mol. The Labute approximate surface area is 79.4 Å². The van der Waals surface area contributed by atoms with Gasteiger partial charge in [-0.2, -0.15) is 0 Å². The molecule has 0 aliphatic heterocycles. The van der Waals surface area contributed by atoms with E-state index in [2.05, 4.69) is 25.0 Å². The van der Waals surface area contributed by atoms with E-state index in [1.54, 1.807) is 0 Å². The van der Waals surface area contributed by atoms with E-state index in [9.17, 15) is 0 Å². The highest BCUT2D eigenvalue weighted by Crippen LogP contribution is 2.23. The molecule has 2 heteroatoms. The normalized spacial score (nSPS) is 21.8. The first-order valence-corrected chi connectivity index (χ1v) is 7.56. The second-order valence-corrected chi connectivity index (χ2v) is 5.58. The molecule has 0 unspecified atom stereocenters. The van der Waals surface area contributed by atoms with Gasteiger partial charge in [-0.25, -0.2) is 0 Å². The predicted molar refractivity (Wildman–Crippen MR) is 58.3 cm³/mol. The first kappa shape index (κ1) is 10.3. The summed E-state index contributed by atoms with van der Waals surface area (Å²) < 4.78 is 2.79. The van der Waals surface area contributed by atoms with Gasteiger partial charge in [0.1, 0.15) is 0 Å². The maximum absolute atomic E-state index is 2.79. The molecule has 1 saturated carbocycles. The number of nitrogens with zero attached hydrogens (tertiary/aromatic N) is 1. The van der Waals surface area contributed by atoms with Gasteiger partial charge >= 0.3 is 0 Å². The minimum Gasteiger partial charge on any atom is -0.325 e. The molecule has 0 atom stereocenters. The van der Waals surface area contributed by atoms with Crippen molar-refractivity contribution in [3.63, 3.8) is 0 Å². The molecule has 1 aliphatic rings. The van der Waals surface area contributed by atoms with Crippen LogP contribution in [0.1, 0.15) is 46.0 Å². The van der Waals surface area contributed by atoms with E-state index in [-0.39, 0.29) is 9.68 Å². The fourth-order valence-electron chi connectivity index (χ4n) is 2.46. The van der Waals surface area contributed by atoms with Crippen LogP contribution in [0.2, 0.25) is 6.55 Å². The van der Waals surface area contributed by atoms with Crippen molar-refractivity contribution in [2.75, 3.05) is 0 Å². The first-order valence-electron chi connectivity index (χ1n) is 5.51. The lowest BCUT2D eigenvalue weighted by molar-refractivity contribution is 0.223. The lowest BCUT2D eigenvalue weighted by Crippen LogP contribution is -2.43. The van der Waals surface area contributed by atoms with E-state index >= 15 is 0 Å². The van der Waals surface area contributed by atoms with Gasteiger partial charge in [0, 0.05) is 6.04 Å². The van der Waals surface area contributed by atoms with Crippen molar-refractivity contribution in [2.24, 2.45) is 0 Å². The minimum absolute atomic E-state index is 0.0690. The van der Waals surface area contributed by atoms with Gasteiger partial charge in [0.2, 0.25) is 0 Å². The zero-order valence-electron chi connectivity index (χ0n) is 8.84. The van der Waals surface area contributed by atoms with Crippen molar-refractivity contribution in [3.8, 4) is 0 Å². The Bertz CT molecular complexity index is 119. The fourth-order valence-corrected chi connectivity index (χ4v) is 4.07. The molecule has 1 fully saturated rings. The zero-order valence-corrected chi connectivity index (χ0v) is 10.3. The van der Waals surface area contributed by atoms with Crippen LogP contribution >= 0.6 is 0 Å². The van der Waals surface area contributed by atoms with Gasteiger partial charge < -0.3 is 4.57 Å². The average molecular weight is 185 g/mol. The molecule has 0 bridgehead atoms. The molecule has 0 aromatic rings. The van der Waals surface area contributed by atoms with Gasteiger partial charge in [-0.3, -0.25) is 0 Å². The van der Waals surface area contributed by atoms with Crippen molar-refractivity contribution in [1.29, 1.82) is 0 Å². The SMILES string of the molecule is C[SiH2]N(C(C)C)C1CCCCC1. The molecule has 1 nitrogen and oxygen atoms in total. The van der Waals surface area contributed by atoms with Crippen LogP contribution in [-0.4, -0.2) is 26.3 Å². The first-order chi connectivity index (χ1) is 5.75. The zero-order chi connectivity index (χ0) is 8.97. The molecule has 1 aliphatic carbocycles. The Hall–Kier alpha value is 0.177. The maximum atomic E-state index is 2.79. The highest BCUT2D eigenvalue weighted by Gasteiger charge is 2.21. The molecular formula is C10H23NSi. The van der Waals surface area contributed by atoms with Crippen molar-refractivity contribution in [1.82, 2.24) is 4.57 Å². The molecule has 0 radical (unpaired) electrons. The molecule has 0 aromatic carbocycles. The summed E-state index contributed by atoms with van der Waals surface area (Å²) in [5.74, 6) is 0. The predicted octanol–water partition coefficient (Wildman–Crippen LogP) is 2.16. The summed E-state index contributed by atoms with van der Waals surface area (Å²) >= 11 is 0.